The molecule has 2 bridgehead atoms. The fourth-order valence-electron chi connectivity index (χ4n) is 8.94. The van der Waals surface area contributed by atoms with Crippen molar-refractivity contribution in [1.82, 2.24) is 10.2 Å². The molecule has 11 heteroatoms. The number of aliphatic carboxylic acids is 1. The Kier molecular flexibility index (Phi) is 8.17. The number of benzene rings is 2. The highest BCUT2D eigenvalue weighted by Crippen LogP contribution is 2.54. The van der Waals surface area contributed by atoms with Crippen molar-refractivity contribution in [3.8, 4) is 0 Å². The number of aliphatic hydroxyl groups is 1. The number of aliphatic hydroxyl groups excluding tert-OH is 1. The third-order valence-corrected chi connectivity index (χ3v) is 11.4. The van der Waals surface area contributed by atoms with E-state index >= 15 is 4.39 Å². The first-order valence-corrected chi connectivity index (χ1v) is 16.1. The average molecular weight is 632 g/mol. The molecule has 2 aromatic carbocycles. The van der Waals surface area contributed by atoms with Crippen LogP contribution in [0.1, 0.15) is 100 Å². The summed E-state index contributed by atoms with van der Waals surface area (Å²) in [4.78, 5) is 28.9. The third kappa shape index (κ3) is 5.29. The number of rotatable bonds is 5. The summed E-state index contributed by atoms with van der Waals surface area (Å²) < 4.78 is 57.9. The minimum atomic E-state index is -4.97. The predicted molar refractivity (Wildman–Crippen MR) is 160 cm³/mol. The van der Waals surface area contributed by atoms with Gasteiger partial charge in [-0.2, -0.15) is 13.2 Å². The number of nitrogens with zero attached hydrogens (tertiary/aromatic N) is 1. The van der Waals surface area contributed by atoms with Gasteiger partial charge < -0.3 is 20.8 Å². The second-order valence-electron chi connectivity index (χ2n) is 13.5. The van der Waals surface area contributed by atoms with Crippen molar-refractivity contribution in [1.29, 1.82) is 0 Å². The topological polar surface area (TPSA) is 102 Å². The average Bonchev–Trinajstić information content (AvgIpc) is 3.01. The zero-order valence-electron chi connectivity index (χ0n) is 25.4. The number of para-hydroxylation sites is 1. The molecule has 4 fully saturated rings. The molecular weight excluding hydrogens is 590 g/mol. The lowest BCUT2D eigenvalue weighted by molar-refractivity contribution is -0.157. The molecule has 1 spiro atoms. The van der Waals surface area contributed by atoms with Crippen LogP contribution in [-0.2, 0) is 21.3 Å². The Morgan fingerprint density at radius 1 is 0.956 bits per heavy atom. The highest BCUT2D eigenvalue weighted by atomic mass is 19.4. The summed E-state index contributed by atoms with van der Waals surface area (Å²) in [6.45, 7) is 2.21. The van der Waals surface area contributed by atoms with E-state index in [0.29, 0.717) is 69.7 Å². The first-order valence-electron chi connectivity index (χ1n) is 16.1. The van der Waals surface area contributed by atoms with E-state index in [2.05, 4.69) is 10.6 Å². The summed E-state index contributed by atoms with van der Waals surface area (Å²) in [7, 11) is 0. The van der Waals surface area contributed by atoms with Crippen LogP contribution in [0.25, 0.3) is 0 Å². The molecule has 1 amide bonds. The number of alkyl halides is 3. The molecule has 7 nitrogen and oxygen atoms in total. The molecule has 0 saturated heterocycles. The number of carbonyl (C=O) groups is 2. The molecule has 0 radical (unpaired) electrons. The van der Waals surface area contributed by atoms with Crippen molar-refractivity contribution in [3.63, 3.8) is 0 Å². The van der Waals surface area contributed by atoms with E-state index in [-0.39, 0.29) is 5.56 Å². The number of nitrogens with one attached hydrogen (secondary N) is 2. The van der Waals surface area contributed by atoms with E-state index in [1.165, 1.54) is 6.07 Å². The molecule has 4 saturated carbocycles. The number of anilines is 1. The smallest absolute Gasteiger partial charge is 0.419 e. The van der Waals surface area contributed by atoms with Crippen molar-refractivity contribution in [2.45, 2.75) is 113 Å². The van der Waals surface area contributed by atoms with Crippen LogP contribution in [0.2, 0.25) is 0 Å². The Morgan fingerprint density at radius 2 is 1.60 bits per heavy atom. The summed E-state index contributed by atoms with van der Waals surface area (Å²) in [6.07, 6.45) is 0.139. The van der Waals surface area contributed by atoms with E-state index in [1.54, 1.807) is 12.1 Å². The Balaban J connectivity index is 1.50. The maximum Gasteiger partial charge on any atom is 0.419 e. The van der Waals surface area contributed by atoms with Gasteiger partial charge in [-0.25, -0.2) is 4.39 Å². The summed E-state index contributed by atoms with van der Waals surface area (Å²) in [5.41, 5.74) is -2.51. The van der Waals surface area contributed by atoms with Gasteiger partial charge in [-0.3, -0.25) is 14.5 Å². The van der Waals surface area contributed by atoms with Gasteiger partial charge in [0.25, 0.3) is 0 Å². The van der Waals surface area contributed by atoms with Crippen LogP contribution < -0.4 is 10.6 Å². The molecule has 7 rings (SSSR count). The molecule has 1 unspecified atom stereocenters. The van der Waals surface area contributed by atoms with Crippen LogP contribution in [0.15, 0.2) is 42.5 Å². The maximum absolute atomic E-state index is 16.0. The molecule has 1 heterocycles. The van der Waals surface area contributed by atoms with E-state index in [1.807, 2.05) is 24.0 Å². The summed E-state index contributed by atoms with van der Waals surface area (Å²) in [5, 5.41) is 28.0. The second kappa shape index (κ2) is 11.6. The number of carboxylic acids is 1. The number of amides is 1. The van der Waals surface area contributed by atoms with Crippen molar-refractivity contribution >= 4 is 17.6 Å². The van der Waals surface area contributed by atoms with Crippen molar-refractivity contribution in [2.75, 3.05) is 11.9 Å². The first kappa shape index (κ1) is 31.8. The van der Waals surface area contributed by atoms with Gasteiger partial charge >= 0.3 is 12.1 Å². The fraction of sp³-hybridized carbons (Fsp3) is 0.588. The molecule has 3 atom stereocenters. The van der Waals surface area contributed by atoms with E-state index in [0.717, 1.165) is 30.9 Å². The van der Waals surface area contributed by atoms with Crippen LogP contribution in [0.4, 0.5) is 23.2 Å². The van der Waals surface area contributed by atoms with Crippen molar-refractivity contribution < 1.29 is 37.4 Å². The monoisotopic (exact) mass is 631 g/mol. The molecule has 45 heavy (non-hydrogen) atoms. The van der Waals surface area contributed by atoms with Gasteiger partial charge in [0.1, 0.15) is 18.1 Å². The third-order valence-electron chi connectivity index (χ3n) is 11.4. The van der Waals surface area contributed by atoms with Gasteiger partial charge in [0.2, 0.25) is 5.91 Å². The number of halogens is 4. The van der Waals surface area contributed by atoms with E-state index in [4.69, 9.17) is 0 Å². The van der Waals surface area contributed by atoms with E-state index < -0.39 is 64.1 Å². The fourth-order valence-corrected chi connectivity index (χ4v) is 8.94. The maximum atomic E-state index is 16.0. The zero-order chi connectivity index (χ0) is 32.2. The number of likely N-dealkylation sites (N-methyl/N-ethyl adjacent to an activating group) is 1. The molecule has 2 aromatic rings. The quantitative estimate of drug-likeness (QED) is 0.281. The van der Waals surface area contributed by atoms with Crippen LogP contribution in [0, 0.1) is 11.2 Å². The highest BCUT2D eigenvalue weighted by Gasteiger charge is 2.56. The van der Waals surface area contributed by atoms with Crippen LogP contribution in [0.5, 0.6) is 0 Å². The zero-order valence-corrected chi connectivity index (χ0v) is 25.4. The number of hydrogen-bond donors (Lipinski definition) is 4. The van der Waals surface area contributed by atoms with Crippen molar-refractivity contribution in [3.05, 3.63) is 65.0 Å². The van der Waals surface area contributed by atoms with Crippen LogP contribution in [0.3, 0.4) is 0 Å². The largest absolute Gasteiger partial charge is 0.481 e. The SMILES string of the molecule is CCN1[C@@H](C(=O)N[C@]23CC[C@@](C(=O)O)(CC2)CC3)[C@H](c2cccc(C(F)(F)F)c2F)C(O)Nc2ccccc2C12CCCCC2. The lowest BCUT2D eigenvalue weighted by Crippen LogP contribution is -2.66. The molecule has 4 aliphatic carbocycles. The molecular formula is C34H41F4N3O4. The predicted octanol–water partition coefficient (Wildman–Crippen LogP) is 6.52. The van der Waals surface area contributed by atoms with Crippen LogP contribution in [-0.4, -0.2) is 51.3 Å². The number of hydrogen-bond acceptors (Lipinski definition) is 5. The van der Waals surface area contributed by atoms with Gasteiger partial charge in [-0.1, -0.05) is 56.5 Å². The summed E-state index contributed by atoms with van der Waals surface area (Å²) in [5.74, 6) is -4.22. The normalized spacial score (nSPS) is 31.4. The van der Waals surface area contributed by atoms with Gasteiger partial charge in [0, 0.05) is 16.8 Å². The van der Waals surface area contributed by atoms with Crippen molar-refractivity contribution in [2.24, 2.45) is 5.41 Å². The Hall–Kier alpha value is -3.18. The standard InChI is InChI=1S/C34H41F4N3O4/c1-2-41-27(29(43)40-32-18-15-31(16-19-32,17-20-32)30(44)45)25(21-9-8-11-23(26(21)35)34(36,37)38)28(42)39-24-12-5-4-10-22(24)33(41)13-6-3-7-14-33/h4-5,8-12,25,27-28,39,42H,2-3,6-7,13-20H2,1H3,(H,40,43)(H,44,45)/t25-,27+,28?,31-,32-/m0/s1. The summed E-state index contributed by atoms with van der Waals surface area (Å²) >= 11 is 0. The minimum Gasteiger partial charge on any atom is -0.481 e. The Morgan fingerprint density at radius 3 is 2.20 bits per heavy atom. The van der Waals surface area contributed by atoms with Gasteiger partial charge in [-0.05, 0) is 81.2 Å². The van der Waals surface area contributed by atoms with Gasteiger partial charge in [0.15, 0.2) is 0 Å². The molecule has 244 valence electrons. The highest BCUT2D eigenvalue weighted by molar-refractivity contribution is 5.85. The van der Waals surface area contributed by atoms with E-state index in [9.17, 15) is 33.0 Å². The molecule has 1 aliphatic heterocycles. The summed E-state index contributed by atoms with van der Waals surface area (Å²) in [6, 6.07) is 9.27. The molecule has 0 aromatic heterocycles. The number of carboxylic acid groups (broad SMARTS) is 1. The minimum absolute atomic E-state index is 0.325. The second-order valence-corrected chi connectivity index (χ2v) is 13.5. The Labute approximate surface area is 260 Å². The number of fused-ring (bicyclic) bond motifs is 5. The number of carbonyl (C=O) groups excluding carboxylic acids is 1. The first-order chi connectivity index (χ1) is 21.4. The van der Waals surface area contributed by atoms with Crippen LogP contribution >= 0.6 is 0 Å². The van der Waals surface area contributed by atoms with Gasteiger partial charge in [-0.15, -0.1) is 0 Å². The lowest BCUT2D eigenvalue weighted by Gasteiger charge is -2.55. The molecule has 5 aliphatic rings. The van der Waals surface area contributed by atoms with Gasteiger partial charge in [0.05, 0.1) is 16.9 Å². The lowest BCUT2D eigenvalue weighted by atomic mass is 9.57. The molecule has 4 N–H and O–H groups in total. The Bertz CT molecular complexity index is 1430.